The Bertz CT molecular complexity index is 455. The van der Waals surface area contributed by atoms with Crippen LogP contribution in [0, 0.1) is 0 Å². The summed E-state index contributed by atoms with van der Waals surface area (Å²) in [5.41, 5.74) is 0.783. The van der Waals surface area contributed by atoms with E-state index in [1.165, 1.54) is 0 Å². The predicted molar refractivity (Wildman–Crippen MR) is 57.5 cm³/mol. The highest BCUT2D eigenvalue weighted by molar-refractivity contribution is 6.33. The summed E-state index contributed by atoms with van der Waals surface area (Å²) in [6, 6.07) is 7.40. The lowest BCUT2D eigenvalue weighted by Gasteiger charge is -1.95. The van der Waals surface area contributed by atoms with E-state index in [-0.39, 0.29) is 0 Å². The number of nitrogens with zero attached hydrogens (tertiary/aromatic N) is 2. The number of hydrogen-bond acceptors (Lipinski definition) is 4. The smallest absolute Gasteiger partial charge is 0.240 e. The molecule has 1 aromatic heterocycles. The van der Waals surface area contributed by atoms with Crippen molar-refractivity contribution in [2.45, 2.75) is 6.54 Å². The van der Waals surface area contributed by atoms with Crippen molar-refractivity contribution in [2.24, 2.45) is 0 Å². The van der Waals surface area contributed by atoms with Crippen LogP contribution in [0.25, 0.3) is 11.4 Å². The first-order chi connectivity index (χ1) is 7.31. The zero-order chi connectivity index (χ0) is 10.7. The molecule has 0 unspecified atom stereocenters. The number of aromatic nitrogens is 2. The van der Waals surface area contributed by atoms with Crippen LogP contribution in [-0.2, 0) is 6.54 Å². The average Bonchev–Trinajstić information content (AvgIpc) is 2.68. The molecule has 1 aromatic carbocycles. The molecule has 5 heteroatoms. The summed E-state index contributed by atoms with van der Waals surface area (Å²) in [5, 5.41) is 7.41. The molecule has 0 aliphatic heterocycles. The molecule has 0 aliphatic carbocycles. The van der Waals surface area contributed by atoms with Crippen LogP contribution in [0.4, 0.5) is 0 Å². The van der Waals surface area contributed by atoms with Gasteiger partial charge in [0.25, 0.3) is 0 Å². The van der Waals surface area contributed by atoms with Crippen LogP contribution in [0.15, 0.2) is 28.8 Å². The molecule has 4 nitrogen and oxygen atoms in total. The van der Waals surface area contributed by atoms with E-state index in [1.54, 1.807) is 6.07 Å². The lowest BCUT2D eigenvalue weighted by Crippen LogP contribution is -2.04. The minimum Gasteiger partial charge on any atom is -0.338 e. The Balaban J connectivity index is 2.33. The van der Waals surface area contributed by atoms with E-state index in [4.69, 9.17) is 16.1 Å². The maximum absolute atomic E-state index is 6.01. The van der Waals surface area contributed by atoms with Gasteiger partial charge in [-0.05, 0) is 19.2 Å². The van der Waals surface area contributed by atoms with Crippen LogP contribution in [0.2, 0.25) is 5.02 Å². The van der Waals surface area contributed by atoms with E-state index in [2.05, 4.69) is 15.5 Å². The average molecular weight is 224 g/mol. The maximum Gasteiger partial charge on any atom is 0.240 e. The highest BCUT2D eigenvalue weighted by atomic mass is 35.5. The molecule has 0 amide bonds. The molecule has 1 N–H and O–H groups in total. The standard InChI is InChI=1S/C10H10ClN3O/c1-12-6-9-13-10(14-15-9)7-4-2-3-5-8(7)11/h2-5,12H,6H2,1H3. The molecule has 0 bridgehead atoms. The van der Waals surface area contributed by atoms with Crippen molar-refractivity contribution in [3.05, 3.63) is 35.2 Å². The van der Waals surface area contributed by atoms with Crippen molar-refractivity contribution in [3.8, 4) is 11.4 Å². The van der Waals surface area contributed by atoms with E-state index in [0.717, 1.165) is 5.56 Å². The van der Waals surface area contributed by atoms with Crippen molar-refractivity contribution in [1.29, 1.82) is 0 Å². The highest BCUT2D eigenvalue weighted by Crippen LogP contribution is 2.24. The van der Waals surface area contributed by atoms with Gasteiger partial charge in [0.05, 0.1) is 11.6 Å². The zero-order valence-corrected chi connectivity index (χ0v) is 8.95. The van der Waals surface area contributed by atoms with E-state index < -0.39 is 0 Å². The van der Waals surface area contributed by atoms with Gasteiger partial charge in [0.15, 0.2) is 0 Å². The summed E-state index contributed by atoms with van der Waals surface area (Å²) < 4.78 is 5.03. The number of benzene rings is 1. The SMILES string of the molecule is CNCc1nc(-c2ccccc2Cl)no1. The van der Waals surface area contributed by atoms with Gasteiger partial charge < -0.3 is 9.84 Å². The molecule has 0 aliphatic rings. The second-order valence-corrected chi connectivity index (χ2v) is 3.43. The molecule has 0 fully saturated rings. The predicted octanol–water partition coefficient (Wildman–Crippen LogP) is 2.11. The molecule has 15 heavy (non-hydrogen) atoms. The first kappa shape index (κ1) is 10.1. The second kappa shape index (κ2) is 4.42. The Morgan fingerprint density at radius 2 is 2.20 bits per heavy atom. The maximum atomic E-state index is 6.01. The molecule has 0 spiro atoms. The first-order valence-corrected chi connectivity index (χ1v) is 4.91. The Morgan fingerprint density at radius 3 is 2.93 bits per heavy atom. The van der Waals surface area contributed by atoms with Crippen molar-refractivity contribution < 1.29 is 4.52 Å². The fraction of sp³-hybridized carbons (Fsp3) is 0.200. The van der Waals surface area contributed by atoms with Gasteiger partial charge in [0.2, 0.25) is 11.7 Å². The van der Waals surface area contributed by atoms with Gasteiger partial charge in [0.1, 0.15) is 0 Å². The molecule has 78 valence electrons. The lowest BCUT2D eigenvalue weighted by molar-refractivity contribution is 0.372. The van der Waals surface area contributed by atoms with Crippen LogP contribution in [0.5, 0.6) is 0 Å². The van der Waals surface area contributed by atoms with Crippen LogP contribution in [0.3, 0.4) is 0 Å². The third-order valence-electron chi connectivity index (χ3n) is 1.91. The topological polar surface area (TPSA) is 51.0 Å². The van der Waals surface area contributed by atoms with Crippen molar-refractivity contribution >= 4 is 11.6 Å². The van der Waals surface area contributed by atoms with Crippen molar-refractivity contribution in [1.82, 2.24) is 15.5 Å². The van der Waals surface area contributed by atoms with Crippen LogP contribution in [0.1, 0.15) is 5.89 Å². The third-order valence-corrected chi connectivity index (χ3v) is 2.24. The molecular weight excluding hydrogens is 214 g/mol. The van der Waals surface area contributed by atoms with Gasteiger partial charge in [-0.15, -0.1) is 0 Å². The van der Waals surface area contributed by atoms with E-state index >= 15 is 0 Å². The van der Waals surface area contributed by atoms with Gasteiger partial charge in [-0.25, -0.2) is 0 Å². The number of nitrogens with one attached hydrogen (secondary N) is 1. The van der Waals surface area contributed by atoms with Crippen LogP contribution in [-0.4, -0.2) is 17.2 Å². The Hall–Kier alpha value is -1.39. The first-order valence-electron chi connectivity index (χ1n) is 4.53. The molecule has 2 aromatic rings. The highest BCUT2D eigenvalue weighted by Gasteiger charge is 2.10. The number of rotatable bonds is 3. The second-order valence-electron chi connectivity index (χ2n) is 3.02. The lowest BCUT2D eigenvalue weighted by atomic mass is 10.2. The fourth-order valence-corrected chi connectivity index (χ4v) is 1.45. The quantitative estimate of drug-likeness (QED) is 0.866. The Morgan fingerprint density at radius 1 is 1.40 bits per heavy atom. The molecule has 1 heterocycles. The summed E-state index contributed by atoms with van der Waals surface area (Å²) in [6.07, 6.45) is 0. The van der Waals surface area contributed by atoms with Crippen LogP contribution < -0.4 is 5.32 Å². The van der Waals surface area contributed by atoms with Gasteiger partial charge in [-0.3, -0.25) is 0 Å². The van der Waals surface area contributed by atoms with E-state index in [9.17, 15) is 0 Å². The molecule has 0 atom stereocenters. The van der Waals surface area contributed by atoms with Crippen molar-refractivity contribution in [3.63, 3.8) is 0 Å². The number of halogens is 1. The summed E-state index contributed by atoms with van der Waals surface area (Å²) >= 11 is 6.01. The Labute approximate surface area is 92.3 Å². The normalized spacial score (nSPS) is 10.5. The van der Waals surface area contributed by atoms with Gasteiger partial charge in [-0.1, -0.05) is 28.9 Å². The minimum atomic E-state index is 0.519. The van der Waals surface area contributed by atoms with Gasteiger partial charge in [0, 0.05) is 5.56 Å². The fourth-order valence-electron chi connectivity index (χ4n) is 1.23. The van der Waals surface area contributed by atoms with Gasteiger partial charge >= 0.3 is 0 Å². The van der Waals surface area contributed by atoms with E-state index in [0.29, 0.717) is 23.3 Å². The van der Waals surface area contributed by atoms with Crippen LogP contribution >= 0.6 is 11.6 Å². The minimum absolute atomic E-state index is 0.519. The molecule has 2 rings (SSSR count). The molecule has 0 saturated heterocycles. The summed E-state index contributed by atoms with van der Waals surface area (Å²) in [4.78, 5) is 4.21. The zero-order valence-electron chi connectivity index (χ0n) is 8.20. The Kier molecular flexibility index (Phi) is 2.99. The molecule has 0 saturated carbocycles. The summed E-state index contributed by atoms with van der Waals surface area (Å²) in [7, 11) is 1.82. The molecular formula is C10H10ClN3O. The monoisotopic (exact) mass is 223 g/mol. The van der Waals surface area contributed by atoms with E-state index in [1.807, 2.05) is 25.2 Å². The number of hydrogen-bond donors (Lipinski definition) is 1. The largest absolute Gasteiger partial charge is 0.338 e. The third kappa shape index (κ3) is 2.16. The summed E-state index contributed by atoms with van der Waals surface area (Å²) in [5.74, 6) is 1.07. The summed E-state index contributed by atoms with van der Waals surface area (Å²) in [6.45, 7) is 0.553. The molecule has 0 radical (unpaired) electrons. The van der Waals surface area contributed by atoms with Crippen molar-refractivity contribution in [2.75, 3.05) is 7.05 Å². The van der Waals surface area contributed by atoms with Gasteiger partial charge in [-0.2, -0.15) is 4.98 Å².